The Bertz CT molecular complexity index is 755. The second-order valence-corrected chi connectivity index (χ2v) is 8.56. The number of piperidine rings is 1. The van der Waals surface area contributed by atoms with E-state index in [1.54, 1.807) is 24.2 Å². The quantitative estimate of drug-likeness (QED) is 0.818. The van der Waals surface area contributed by atoms with Gasteiger partial charge >= 0.3 is 0 Å². The van der Waals surface area contributed by atoms with E-state index in [0.29, 0.717) is 5.92 Å². The summed E-state index contributed by atoms with van der Waals surface area (Å²) >= 11 is 1.64. The molecule has 0 unspecified atom stereocenters. The second kappa shape index (κ2) is 9.22. The minimum atomic E-state index is 0.102. The molecule has 0 spiro atoms. The molecule has 1 amide bonds. The fourth-order valence-electron chi connectivity index (χ4n) is 3.13. The molecule has 3 rings (SSSR count). The van der Waals surface area contributed by atoms with E-state index in [-0.39, 0.29) is 11.8 Å². The van der Waals surface area contributed by atoms with Crippen LogP contribution in [0.1, 0.15) is 32.3 Å². The first-order valence-corrected chi connectivity index (χ1v) is 10.4. The van der Waals surface area contributed by atoms with Crippen molar-refractivity contribution in [2.24, 2.45) is 11.8 Å². The number of aromatic nitrogens is 2. The molecule has 2 heterocycles. The minimum absolute atomic E-state index is 0.102. The van der Waals surface area contributed by atoms with Crippen LogP contribution in [0.4, 0.5) is 5.82 Å². The number of anilines is 1. The van der Waals surface area contributed by atoms with Gasteiger partial charge in [-0.2, -0.15) is 0 Å². The highest BCUT2D eigenvalue weighted by Crippen LogP contribution is 2.34. The van der Waals surface area contributed by atoms with Gasteiger partial charge < -0.3 is 10.2 Å². The third kappa shape index (κ3) is 5.45. The molecule has 1 saturated heterocycles. The Morgan fingerprint density at radius 1 is 1.19 bits per heavy atom. The molecule has 0 saturated carbocycles. The van der Waals surface area contributed by atoms with E-state index in [0.717, 1.165) is 48.2 Å². The Kier molecular flexibility index (Phi) is 6.72. The lowest BCUT2D eigenvalue weighted by atomic mass is 9.96. The van der Waals surface area contributed by atoms with Gasteiger partial charge in [0.25, 0.3) is 0 Å². The van der Waals surface area contributed by atoms with E-state index in [1.165, 1.54) is 5.56 Å². The zero-order valence-corrected chi connectivity index (χ0v) is 17.1. The van der Waals surface area contributed by atoms with E-state index in [9.17, 15) is 4.79 Å². The van der Waals surface area contributed by atoms with Crippen LogP contribution in [0.15, 0.2) is 46.6 Å². The normalized spacial score (nSPS) is 15.2. The zero-order valence-electron chi connectivity index (χ0n) is 16.3. The third-order valence-electron chi connectivity index (χ3n) is 4.73. The van der Waals surface area contributed by atoms with Crippen molar-refractivity contribution in [2.75, 3.05) is 24.5 Å². The van der Waals surface area contributed by atoms with Crippen molar-refractivity contribution in [1.29, 1.82) is 0 Å². The van der Waals surface area contributed by atoms with Crippen LogP contribution in [0, 0.1) is 18.8 Å². The summed E-state index contributed by atoms with van der Waals surface area (Å²) in [5.41, 5.74) is 1.25. The van der Waals surface area contributed by atoms with Gasteiger partial charge in [0, 0.05) is 42.8 Å². The number of rotatable bonds is 6. The Morgan fingerprint density at radius 3 is 2.52 bits per heavy atom. The van der Waals surface area contributed by atoms with Crippen LogP contribution in [0.3, 0.4) is 0 Å². The molecular weight excluding hydrogens is 356 g/mol. The Labute approximate surface area is 166 Å². The van der Waals surface area contributed by atoms with Crippen LogP contribution >= 0.6 is 11.8 Å². The van der Waals surface area contributed by atoms with E-state index < -0.39 is 0 Å². The second-order valence-electron chi connectivity index (χ2n) is 7.50. The third-order valence-corrected chi connectivity index (χ3v) is 5.72. The fraction of sp³-hybridized carbons (Fsp3) is 0.476. The van der Waals surface area contributed by atoms with Crippen LogP contribution < -0.4 is 10.2 Å². The molecule has 1 aliphatic heterocycles. The predicted octanol–water partition coefficient (Wildman–Crippen LogP) is 3.92. The van der Waals surface area contributed by atoms with Gasteiger partial charge in [0.05, 0.1) is 0 Å². The average molecular weight is 385 g/mol. The number of nitrogens with one attached hydrogen (secondary N) is 1. The molecule has 1 aliphatic rings. The molecule has 144 valence electrons. The summed E-state index contributed by atoms with van der Waals surface area (Å²) in [4.78, 5) is 24.9. The molecule has 0 atom stereocenters. The molecular formula is C21H28N4OS. The summed E-state index contributed by atoms with van der Waals surface area (Å²) in [6.45, 7) is 8.73. The molecule has 1 fully saturated rings. The number of aryl methyl sites for hydroxylation is 1. The molecule has 5 nitrogen and oxygen atoms in total. The number of carbonyl (C=O) groups is 1. The molecule has 27 heavy (non-hydrogen) atoms. The Hall–Kier alpha value is -2.08. The summed E-state index contributed by atoms with van der Waals surface area (Å²) in [7, 11) is 0. The van der Waals surface area contributed by atoms with Gasteiger partial charge in [0.1, 0.15) is 5.03 Å². The van der Waals surface area contributed by atoms with Crippen molar-refractivity contribution in [2.45, 2.75) is 43.5 Å². The van der Waals surface area contributed by atoms with Crippen molar-refractivity contribution in [3.05, 3.63) is 42.2 Å². The average Bonchev–Trinajstić information content (AvgIpc) is 2.68. The topological polar surface area (TPSA) is 58.1 Å². The predicted molar refractivity (Wildman–Crippen MR) is 110 cm³/mol. The maximum atomic E-state index is 12.3. The van der Waals surface area contributed by atoms with Crippen LogP contribution in [-0.4, -0.2) is 35.5 Å². The van der Waals surface area contributed by atoms with Gasteiger partial charge in [-0.25, -0.2) is 9.97 Å². The van der Waals surface area contributed by atoms with Crippen LogP contribution in [0.2, 0.25) is 0 Å². The van der Waals surface area contributed by atoms with E-state index in [1.807, 2.05) is 0 Å². The maximum Gasteiger partial charge on any atom is 0.223 e. The molecule has 1 aromatic carbocycles. The van der Waals surface area contributed by atoms with E-state index in [2.05, 4.69) is 65.2 Å². The fourth-order valence-corrected chi connectivity index (χ4v) is 4.01. The summed E-state index contributed by atoms with van der Waals surface area (Å²) in [5.74, 6) is 1.70. The smallest absolute Gasteiger partial charge is 0.223 e. The molecule has 0 bridgehead atoms. The SMILES string of the molecule is Cc1ccc(Sc2nccnc2N2CCC(C(=O)NCC(C)C)CC2)cc1. The highest BCUT2D eigenvalue weighted by Gasteiger charge is 2.27. The Balaban J connectivity index is 1.63. The molecule has 0 radical (unpaired) electrons. The van der Waals surface area contributed by atoms with Crippen molar-refractivity contribution < 1.29 is 4.79 Å². The van der Waals surface area contributed by atoms with Gasteiger partial charge in [0.2, 0.25) is 5.91 Å². The first-order chi connectivity index (χ1) is 13.0. The molecule has 2 aromatic rings. The van der Waals surface area contributed by atoms with Gasteiger partial charge in [-0.05, 0) is 37.8 Å². The lowest BCUT2D eigenvalue weighted by molar-refractivity contribution is -0.125. The highest BCUT2D eigenvalue weighted by molar-refractivity contribution is 7.99. The molecule has 1 aromatic heterocycles. The van der Waals surface area contributed by atoms with Gasteiger partial charge in [-0.3, -0.25) is 4.79 Å². The maximum absolute atomic E-state index is 12.3. The standard InChI is InChI=1S/C21H28N4OS/c1-15(2)14-24-20(26)17-8-12-25(13-9-17)19-21(23-11-10-22-19)27-18-6-4-16(3)5-7-18/h4-7,10-11,15,17H,8-9,12-14H2,1-3H3,(H,24,26). The number of benzene rings is 1. The van der Waals surface area contributed by atoms with Crippen LogP contribution in [0.5, 0.6) is 0 Å². The Morgan fingerprint density at radius 2 is 1.85 bits per heavy atom. The highest BCUT2D eigenvalue weighted by atomic mass is 32.2. The van der Waals surface area contributed by atoms with Gasteiger partial charge in [0.15, 0.2) is 5.82 Å². The number of carbonyl (C=O) groups excluding carboxylic acids is 1. The van der Waals surface area contributed by atoms with Gasteiger partial charge in [-0.1, -0.05) is 43.3 Å². The van der Waals surface area contributed by atoms with Crippen molar-refractivity contribution in [3.63, 3.8) is 0 Å². The first kappa shape index (κ1) is 19.7. The number of nitrogens with zero attached hydrogens (tertiary/aromatic N) is 3. The lowest BCUT2D eigenvalue weighted by Crippen LogP contribution is -2.41. The first-order valence-electron chi connectivity index (χ1n) is 9.61. The van der Waals surface area contributed by atoms with Crippen LogP contribution in [-0.2, 0) is 4.79 Å². The zero-order chi connectivity index (χ0) is 19.2. The molecule has 1 N–H and O–H groups in total. The van der Waals surface area contributed by atoms with Crippen molar-refractivity contribution in [1.82, 2.24) is 15.3 Å². The lowest BCUT2D eigenvalue weighted by Gasteiger charge is -2.32. The van der Waals surface area contributed by atoms with E-state index in [4.69, 9.17) is 0 Å². The van der Waals surface area contributed by atoms with Crippen molar-refractivity contribution >= 4 is 23.5 Å². The minimum Gasteiger partial charge on any atom is -0.356 e. The largest absolute Gasteiger partial charge is 0.356 e. The number of hydrogen-bond acceptors (Lipinski definition) is 5. The number of hydrogen-bond donors (Lipinski definition) is 1. The molecule has 6 heteroatoms. The van der Waals surface area contributed by atoms with E-state index >= 15 is 0 Å². The summed E-state index contributed by atoms with van der Waals surface area (Å²) in [6, 6.07) is 8.45. The summed E-state index contributed by atoms with van der Waals surface area (Å²) in [5, 5.41) is 3.99. The number of amides is 1. The molecule has 0 aliphatic carbocycles. The monoisotopic (exact) mass is 384 g/mol. The van der Waals surface area contributed by atoms with Crippen LogP contribution in [0.25, 0.3) is 0 Å². The summed E-state index contributed by atoms with van der Waals surface area (Å²) < 4.78 is 0. The van der Waals surface area contributed by atoms with Gasteiger partial charge in [-0.15, -0.1) is 0 Å². The van der Waals surface area contributed by atoms with Crippen molar-refractivity contribution in [3.8, 4) is 0 Å². The summed E-state index contributed by atoms with van der Waals surface area (Å²) in [6.07, 6.45) is 5.20.